The van der Waals surface area contributed by atoms with Crippen LogP contribution in [0.5, 0.6) is 5.75 Å². The summed E-state index contributed by atoms with van der Waals surface area (Å²) in [6, 6.07) is 26.2. The first-order chi connectivity index (χ1) is 15.1. The lowest BCUT2D eigenvalue weighted by molar-refractivity contribution is 0.170. The van der Waals surface area contributed by atoms with Crippen LogP contribution in [0.1, 0.15) is 29.7 Å². The van der Waals surface area contributed by atoms with Gasteiger partial charge < -0.3 is 26.0 Å². The number of aliphatic hydroxyl groups is 1. The van der Waals surface area contributed by atoms with Crippen LogP contribution in [0, 0.1) is 0 Å². The van der Waals surface area contributed by atoms with Gasteiger partial charge in [0.1, 0.15) is 12.4 Å². The lowest BCUT2D eigenvalue weighted by atomic mass is 10.1. The second kappa shape index (κ2) is 17.6. The number of hydrogen-bond donors (Lipinski definition) is 3. The van der Waals surface area contributed by atoms with Crippen molar-refractivity contribution in [1.82, 2.24) is 10.6 Å². The maximum Gasteiger partial charge on any atom is 0.119 e. The highest BCUT2D eigenvalue weighted by Gasteiger charge is 2.10. The van der Waals surface area contributed by atoms with Gasteiger partial charge in [0.2, 0.25) is 0 Å². The van der Waals surface area contributed by atoms with Crippen LogP contribution < -0.4 is 15.4 Å². The van der Waals surface area contributed by atoms with Crippen LogP contribution in [-0.4, -0.2) is 36.3 Å². The third-order valence-corrected chi connectivity index (χ3v) is 5.31. The Morgan fingerprint density at radius 3 is 2.29 bits per heavy atom. The fourth-order valence-corrected chi connectivity index (χ4v) is 3.56. The number of benzene rings is 3. The van der Waals surface area contributed by atoms with Crippen LogP contribution in [-0.2, 0) is 13.0 Å². The van der Waals surface area contributed by atoms with Crippen LogP contribution in [0.2, 0.25) is 5.02 Å². The maximum atomic E-state index is 10.3. The highest BCUT2D eigenvalue weighted by molar-refractivity contribution is 6.30. The highest BCUT2D eigenvalue weighted by Crippen LogP contribution is 2.18. The molecule has 2 unspecified atom stereocenters. The fourth-order valence-electron chi connectivity index (χ4n) is 3.36. The van der Waals surface area contributed by atoms with Gasteiger partial charge in [-0.2, -0.15) is 0 Å². The molecule has 5 nitrogen and oxygen atoms in total. The summed E-state index contributed by atoms with van der Waals surface area (Å²) < 4.78 is 5.82. The topological polar surface area (TPSA) is 85.0 Å². The third-order valence-electron chi connectivity index (χ3n) is 5.08. The predicted molar refractivity (Wildman–Crippen MR) is 146 cm³/mol. The molecule has 0 bridgehead atoms. The second-order valence-corrected chi connectivity index (χ2v) is 8.18. The van der Waals surface area contributed by atoms with Crippen molar-refractivity contribution in [2.75, 3.05) is 19.7 Å². The highest BCUT2D eigenvalue weighted by atomic mass is 35.5. The molecule has 34 heavy (non-hydrogen) atoms. The molecule has 0 radical (unpaired) electrons. The molecule has 0 fully saturated rings. The van der Waals surface area contributed by atoms with Crippen molar-refractivity contribution in [2.45, 2.75) is 32.0 Å². The SMILES string of the molecule is CC(Cc1ccc(OCCNCc2ccccc2)cc1)NCC(O)c1cccc(Cl)c1.Cl.Cl.O. The zero-order valence-electron chi connectivity index (χ0n) is 19.2. The van der Waals surface area contributed by atoms with Gasteiger partial charge in [-0.25, -0.2) is 0 Å². The molecular formula is C26H35Cl3N2O3. The minimum atomic E-state index is -0.576. The predicted octanol–water partition coefficient (Wildman–Crippen LogP) is 4.78. The first kappa shape index (κ1) is 32.2. The van der Waals surface area contributed by atoms with Gasteiger partial charge in [-0.3, -0.25) is 0 Å². The van der Waals surface area contributed by atoms with E-state index in [-0.39, 0.29) is 36.3 Å². The van der Waals surface area contributed by atoms with Gasteiger partial charge in [0.05, 0.1) is 6.10 Å². The van der Waals surface area contributed by atoms with Crippen LogP contribution in [0.15, 0.2) is 78.9 Å². The molecule has 0 saturated heterocycles. The first-order valence-electron chi connectivity index (χ1n) is 10.7. The summed E-state index contributed by atoms with van der Waals surface area (Å²) in [7, 11) is 0. The Morgan fingerprint density at radius 2 is 1.62 bits per heavy atom. The fraction of sp³-hybridized carbons (Fsp3) is 0.308. The molecule has 0 amide bonds. The molecular weight excluding hydrogens is 495 g/mol. The molecule has 0 aromatic heterocycles. The van der Waals surface area contributed by atoms with Crippen molar-refractivity contribution in [3.05, 3.63) is 101 Å². The van der Waals surface area contributed by atoms with E-state index < -0.39 is 6.10 Å². The van der Waals surface area contributed by atoms with Gasteiger partial charge >= 0.3 is 0 Å². The number of hydrogen-bond acceptors (Lipinski definition) is 4. The molecule has 5 N–H and O–H groups in total. The number of nitrogens with one attached hydrogen (secondary N) is 2. The zero-order valence-corrected chi connectivity index (χ0v) is 21.6. The van der Waals surface area contributed by atoms with Crippen molar-refractivity contribution in [1.29, 1.82) is 0 Å². The molecule has 0 heterocycles. The van der Waals surface area contributed by atoms with Crippen LogP contribution in [0.3, 0.4) is 0 Å². The molecule has 0 aliphatic carbocycles. The number of halogens is 3. The van der Waals surface area contributed by atoms with E-state index in [1.54, 1.807) is 6.07 Å². The summed E-state index contributed by atoms with van der Waals surface area (Å²) in [5, 5.41) is 17.8. The summed E-state index contributed by atoms with van der Waals surface area (Å²) in [6.45, 7) is 4.88. The van der Waals surface area contributed by atoms with Crippen LogP contribution in [0.25, 0.3) is 0 Å². The standard InChI is InChI=1S/C26H31ClN2O2.2ClH.H2O/c1-20(29-19-26(30)23-8-5-9-24(27)17-23)16-21-10-12-25(13-11-21)31-15-14-28-18-22-6-3-2-4-7-22;;;/h2-13,17,20,26,28-30H,14-16,18-19H2,1H3;2*1H;1H2. The number of ether oxygens (including phenoxy) is 1. The minimum Gasteiger partial charge on any atom is -0.492 e. The van der Waals surface area contributed by atoms with Crippen LogP contribution in [0.4, 0.5) is 0 Å². The average molecular weight is 530 g/mol. The van der Waals surface area contributed by atoms with Gasteiger partial charge in [0.15, 0.2) is 0 Å². The molecule has 3 aromatic rings. The molecule has 0 aliphatic rings. The minimum absolute atomic E-state index is 0. The van der Waals surface area contributed by atoms with Gasteiger partial charge in [0.25, 0.3) is 0 Å². The van der Waals surface area contributed by atoms with E-state index in [0.717, 1.165) is 30.8 Å². The zero-order chi connectivity index (χ0) is 21.9. The van der Waals surface area contributed by atoms with Gasteiger partial charge in [-0.1, -0.05) is 66.2 Å². The first-order valence-corrected chi connectivity index (χ1v) is 11.1. The largest absolute Gasteiger partial charge is 0.492 e. The quantitative estimate of drug-likeness (QED) is 0.295. The average Bonchev–Trinajstić information content (AvgIpc) is 2.79. The van der Waals surface area contributed by atoms with Crippen molar-refractivity contribution in [2.24, 2.45) is 0 Å². The molecule has 3 aromatic carbocycles. The van der Waals surface area contributed by atoms with Crippen LogP contribution >= 0.6 is 36.4 Å². The maximum absolute atomic E-state index is 10.3. The summed E-state index contributed by atoms with van der Waals surface area (Å²) in [5.74, 6) is 0.877. The second-order valence-electron chi connectivity index (χ2n) is 7.74. The summed E-state index contributed by atoms with van der Waals surface area (Å²) in [5.41, 5.74) is 3.33. The lowest BCUT2D eigenvalue weighted by Gasteiger charge is -2.18. The van der Waals surface area contributed by atoms with Gasteiger partial charge in [-0.05, 0) is 54.3 Å². The third kappa shape index (κ3) is 11.5. The van der Waals surface area contributed by atoms with Crippen molar-refractivity contribution < 1.29 is 15.3 Å². The van der Waals surface area contributed by atoms with E-state index in [1.165, 1.54) is 11.1 Å². The van der Waals surface area contributed by atoms with E-state index in [0.29, 0.717) is 18.2 Å². The molecule has 188 valence electrons. The summed E-state index contributed by atoms with van der Waals surface area (Å²) >= 11 is 6.00. The normalized spacial score (nSPS) is 11.9. The molecule has 0 saturated carbocycles. The van der Waals surface area contributed by atoms with E-state index >= 15 is 0 Å². The molecule has 0 aliphatic heterocycles. The van der Waals surface area contributed by atoms with Crippen molar-refractivity contribution in [3.8, 4) is 5.75 Å². The Kier molecular flexibility index (Phi) is 16.6. The van der Waals surface area contributed by atoms with Gasteiger partial charge in [-0.15, -0.1) is 24.8 Å². The lowest BCUT2D eigenvalue weighted by Crippen LogP contribution is -2.32. The molecule has 2 atom stereocenters. The Bertz CT molecular complexity index is 915. The number of aliphatic hydroxyl groups excluding tert-OH is 1. The smallest absolute Gasteiger partial charge is 0.119 e. The van der Waals surface area contributed by atoms with E-state index in [2.05, 4.69) is 41.8 Å². The van der Waals surface area contributed by atoms with E-state index in [1.807, 2.05) is 48.5 Å². The Balaban J connectivity index is 0.00000363. The molecule has 3 rings (SSSR count). The Hall–Kier alpha value is -1.83. The Labute approximate surface area is 220 Å². The number of rotatable bonds is 12. The van der Waals surface area contributed by atoms with E-state index in [9.17, 15) is 5.11 Å². The molecule has 8 heteroatoms. The molecule has 0 spiro atoms. The Morgan fingerprint density at radius 1 is 0.912 bits per heavy atom. The summed E-state index contributed by atoms with van der Waals surface area (Å²) in [6.07, 6.45) is 0.300. The monoisotopic (exact) mass is 528 g/mol. The van der Waals surface area contributed by atoms with E-state index in [4.69, 9.17) is 16.3 Å². The summed E-state index contributed by atoms with van der Waals surface area (Å²) in [4.78, 5) is 0. The van der Waals surface area contributed by atoms with Crippen molar-refractivity contribution >= 4 is 36.4 Å². The van der Waals surface area contributed by atoms with Gasteiger partial charge in [0, 0.05) is 30.7 Å². The van der Waals surface area contributed by atoms with Crippen molar-refractivity contribution in [3.63, 3.8) is 0 Å².